The number of nitrogens with zero attached hydrogens (tertiary/aromatic N) is 2. The molecule has 0 aromatic carbocycles. The van der Waals surface area contributed by atoms with Crippen molar-refractivity contribution >= 4 is 0 Å². The Labute approximate surface area is 81.7 Å². The van der Waals surface area contributed by atoms with Gasteiger partial charge in [0.2, 0.25) is 5.89 Å². The minimum atomic E-state index is -0.944. The van der Waals surface area contributed by atoms with Gasteiger partial charge in [0.1, 0.15) is 6.17 Å². The molecule has 1 aromatic heterocycles. The summed E-state index contributed by atoms with van der Waals surface area (Å²) in [7, 11) is 0. The molecule has 78 valence electrons. The first-order valence-electron chi connectivity index (χ1n) is 4.86. The minimum absolute atomic E-state index is 0.0472. The van der Waals surface area contributed by atoms with Crippen molar-refractivity contribution in [2.75, 3.05) is 0 Å². The van der Waals surface area contributed by atoms with Crippen molar-refractivity contribution < 1.29 is 8.91 Å². The van der Waals surface area contributed by atoms with Gasteiger partial charge in [0, 0.05) is 12.0 Å². The standard InChI is InChI=1S/C9H14FN3O/c1-5-12-9(14-13-5)6-2-3-8(11)7(10)4-6/h6-8H,2-4,11H2,1H3. The summed E-state index contributed by atoms with van der Waals surface area (Å²) < 4.78 is 18.3. The molecule has 1 saturated carbocycles. The molecule has 1 heterocycles. The number of aromatic nitrogens is 2. The third-order valence-corrected chi connectivity index (χ3v) is 2.72. The van der Waals surface area contributed by atoms with E-state index in [2.05, 4.69) is 10.1 Å². The third-order valence-electron chi connectivity index (χ3n) is 2.72. The highest BCUT2D eigenvalue weighted by Gasteiger charge is 2.31. The smallest absolute Gasteiger partial charge is 0.229 e. The van der Waals surface area contributed by atoms with Crippen LogP contribution in [0.25, 0.3) is 0 Å². The Bertz CT molecular complexity index is 315. The van der Waals surface area contributed by atoms with Gasteiger partial charge in [-0.05, 0) is 26.2 Å². The normalized spacial score (nSPS) is 33.2. The fraction of sp³-hybridized carbons (Fsp3) is 0.778. The summed E-state index contributed by atoms with van der Waals surface area (Å²) in [5, 5.41) is 3.70. The molecule has 5 heteroatoms. The molecule has 0 bridgehead atoms. The Morgan fingerprint density at radius 3 is 2.86 bits per heavy atom. The molecule has 4 nitrogen and oxygen atoms in total. The lowest BCUT2D eigenvalue weighted by Gasteiger charge is -2.26. The fourth-order valence-corrected chi connectivity index (χ4v) is 1.84. The summed E-state index contributed by atoms with van der Waals surface area (Å²) in [6, 6.07) is -0.324. The Morgan fingerprint density at radius 2 is 2.29 bits per heavy atom. The Balaban J connectivity index is 2.06. The van der Waals surface area contributed by atoms with Crippen molar-refractivity contribution in [1.82, 2.24) is 10.1 Å². The molecule has 0 amide bonds. The van der Waals surface area contributed by atoms with Crippen LogP contribution in [0.4, 0.5) is 4.39 Å². The maximum atomic E-state index is 13.3. The topological polar surface area (TPSA) is 64.9 Å². The SMILES string of the molecule is Cc1noc(C2CCC(N)C(F)C2)n1. The summed E-state index contributed by atoms with van der Waals surface area (Å²) in [5.41, 5.74) is 5.58. The maximum Gasteiger partial charge on any atom is 0.229 e. The van der Waals surface area contributed by atoms with Crippen molar-refractivity contribution in [2.45, 2.75) is 44.3 Å². The Morgan fingerprint density at radius 1 is 1.50 bits per heavy atom. The van der Waals surface area contributed by atoms with Gasteiger partial charge in [-0.1, -0.05) is 5.16 Å². The van der Waals surface area contributed by atoms with Crippen LogP contribution in [0.5, 0.6) is 0 Å². The van der Waals surface area contributed by atoms with Gasteiger partial charge in [0.25, 0.3) is 0 Å². The Hall–Kier alpha value is -0.970. The van der Waals surface area contributed by atoms with Crippen LogP contribution in [0.15, 0.2) is 4.52 Å². The van der Waals surface area contributed by atoms with Gasteiger partial charge in [0.15, 0.2) is 5.82 Å². The van der Waals surface area contributed by atoms with Gasteiger partial charge in [-0.3, -0.25) is 0 Å². The van der Waals surface area contributed by atoms with E-state index in [1.54, 1.807) is 6.92 Å². The number of nitrogens with two attached hydrogens (primary N) is 1. The zero-order chi connectivity index (χ0) is 10.1. The van der Waals surface area contributed by atoms with Crippen molar-refractivity contribution in [2.24, 2.45) is 5.73 Å². The summed E-state index contributed by atoms with van der Waals surface area (Å²) in [6.07, 6.45) is 0.986. The summed E-state index contributed by atoms with van der Waals surface area (Å²) in [4.78, 5) is 4.11. The second kappa shape index (κ2) is 3.65. The number of halogens is 1. The zero-order valence-corrected chi connectivity index (χ0v) is 8.11. The monoisotopic (exact) mass is 199 g/mol. The van der Waals surface area contributed by atoms with Gasteiger partial charge in [-0.15, -0.1) is 0 Å². The average molecular weight is 199 g/mol. The lowest BCUT2D eigenvalue weighted by atomic mass is 9.85. The van der Waals surface area contributed by atoms with Gasteiger partial charge in [-0.25, -0.2) is 4.39 Å². The fourth-order valence-electron chi connectivity index (χ4n) is 1.84. The lowest BCUT2D eigenvalue weighted by Crippen LogP contribution is -2.37. The molecule has 3 atom stereocenters. The van der Waals surface area contributed by atoms with Gasteiger partial charge < -0.3 is 10.3 Å². The molecule has 1 fully saturated rings. The van der Waals surface area contributed by atoms with Crippen LogP contribution in [-0.4, -0.2) is 22.4 Å². The number of aryl methyl sites for hydroxylation is 1. The summed E-state index contributed by atoms with van der Waals surface area (Å²) >= 11 is 0. The van der Waals surface area contributed by atoms with Crippen LogP contribution in [0, 0.1) is 6.92 Å². The molecule has 0 spiro atoms. The molecule has 1 aromatic rings. The van der Waals surface area contributed by atoms with Crippen molar-refractivity contribution in [3.05, 3.63) is 11.7 Å². The van der Waals surface area contributed by atoms with E-state index in [0.717, 1.165) is 6.42 Å². The zero-order valence-electron chi connectivity index (χ0n) is 8.11. The molecule has 2 rings (SSSR count). The second-order valence-corrected chi connectivity index (χ2v) is 3.87. The molecule has 14 heavy (non-hydrogen) atoms. The molecular formula is C9H14FN3O. The lowest BCUT2D eigenvalue weighted by molar-refractivity contribution is 0.182. The van der Waals surface area contributed by atoms with Crippen LogP contribution in [0.3, 0.4) is 0 Å². The number of hydrogen-bond acceptors (Lipinski definition) is 4. The van der Waals surface area contributed by atoms with Crippen molar-refractivity contribution in [3.8, 4) is 0 Å². The summed E-state index contributed by atoms with van der Waals surface area (Å²) in [6.45, 7) is 1.76. The van der Waals surface area contributed by atoms with Gasteiger partial charge in [0.05, 0.1) is 0 Å². The quantitative estimate of drug-likeness (QED) is 0.740. The van der Waals surface area contributed by atoms with E-state index in [-0.39, 0.29) is 12.0 Å². The van der Waals surface area contributed by atoms with E-state index in [1.807, 2.05) is 0 Å². The third kappa shape index (κ3) is 1.77. The van der Waals surface area contributed by atoms with Crippen LogP contribution in [-0.2, 0) is 0 Å². The second-order valence-electron chi connectivity index (χ2n) is 3.87. The van der Waals surface area contributed by atoms with Gasteiger partial charge >= 0.3 is 0 Å². The van der Waals surface area contributed by atoms with E-state index >= 15 is 0 Å². The predicted octanol–water partition coefficient (Wildman–Crippen LogP) is 1.31. The Kier molecular flexibility index (Phi) is 2.50. The number of rotatable bonds is 1. The largest absolute Gasteiger partial charge is 0.339 e. The van der Waals surface area contributed by atoms with E-state index in [0.29, 0.717) is 24.6 Å². The minimum Gasteiger partial charge on any atom is -0.339 e. The predicted molar refractivity (Wildman–Crippen MR) is 48.5 cm³/mol. The molecule has 2 N–H and O–H groups in total. The van der Waals surface area contributed by atoms with Crippen LogP contribution in [0.1, 0.15) is 36.9 Å². The van der Waals surface area contributed by atoms with E-state index in [1.165, 1.54) is 0 Å². The van der Waals surface area contributed by atoms with E-state index in [9.17, 15) is 4.39 Å². The molecular weight excluding hydrogens is 185 g/mol. The average Bonchev–Trinajstić information content (AvgIpc) is 2.57. The van der Waals surface area contributed by atoms with E-state index < -0.39 is 6.17 Å². The maximum absolute atomic E-state index is 13.3. The number of alkyl halides is 1. The molecule has 1 aliphatic rings. The van der Waals surface area contributed by atoms with Crippen LogP contribution < -0.4 is 5.73 Å². The highest BCUT2D eigenvalue weighted by Crippen LogP contribution is 2.32. The molecule has 0 saturated heterocycles. The number of hydrogen-bond donors (Lipinski definition) is 1. The van der Waals surface area contributed by atoms with Crippen LogP contribution >= 0.6 is 0 Å². The highest BCUT2D eigenvalue weighted by atomic mass is 19.1. The summed E-state index contributed by atoms with van der Waals surface area (Å²) in [5.74, 6) is 1.20. The molecule has 0 radical (unpaired) electrons. The van der Waals surface area contributed by atoms with Crippen molar-refractivity contribution in [1.29, 1.82) is 0 Å². The van der Waals surface area contributed by atoms with Crippen molar-refractivity contribution in [3.63, 3.8) is 0 Å². The molecule has 1 aliphatic carbocycles. The molecule has 3 unspecified atom stereocenters. The van der Waals surface area contributed by atoms with Gasteiger partial charge in [-0.2, -0.15) is 4.98 Å². The van der Waals surface area contributed by atoms with Crippen LogP contribution in [0.2, 0.25) is 0 Å². The first-order valence-corrected chi connectivity index (χ1v) is 4.86. The first kappa shape index (κ1) is 9.58. The molecule has 0 aliphatic heterocycles. The first-order chi connectivity index (χ1) is 6.66. The van der Waals surface area contributed by atoms with E-state index in [4.69, 9.17) is 10.3 Å². The highest BCUT2D eigenvalue weighted by molar-refractivity contribution is 4.98.